The van der Waals surface area contributed by atoms with Crippen molar-refractivity contribution in [2.24, 2.45) is 0 Å². The van der Waals surface area contributed by atoms with E-state index in [9.17, 15) is 13.8 Å². The number of imide groups is 1. The predicted octanol–water partition coefficient (Wildman–Crippen LogP) is 3.88. The molecule has 174 valence electrons. The smallest absolute Gasteiger partial charge is 0.289 e. The number of aryl methyl sites for hydroxylation is 1. The van der Waals surface area contributed by atoms with Gasteiger partial charge in [0, 0.05) is 0 Å². The fourth-order valence-corrected chi connectivity index (χ4v) is 3.93. The molecule has 0 spiro atoms. The third kappa shape index (κ3) is 4.62. The number of nitrogens with zero attached hydrogens (tertiary/aromatic N) is 1. The standard InChI is InChI=1S/C25H21NO7S/c1-16-4-14-21(15-5-16)34(29)33-32-26-24(27)22(17-6-10-19(30-2)11-7-17)23(25(26)28)18-8-12-20(31-3)13-9-18/h4-15H,1-3H3. The fraction of sp³-hybridized carbons (Fsp3) is 0.120. The molecule has 1 atom stereocenters. The Labute approximate surface area is 198 Å². The summed E-state index contributed by atoms with van der Waals surface area (Å²) < 4.78 is 27.7. The van der Waals surface area contributed by atoms with Crippen LogP contribution in [0.1, 0.15) is 16.7 Å². The molecule has 0 saturated heterocycles. The van der Waals surface area contributed by atoms with Gasteiger partial charge in [-0.15, -0.1) is 9.40 Å². The average molecular weight is 480 g/mol. The Hall–Kier alpha value is -3.79. The number of hydrogen-bond acceptors (Lipinski definition) is 7. The van der Waals surface area contributed by atoms with Gasteiger partial charge in [0.05, 0.1) is 30.3 Å². The number of rotatable bonds is 8. The molecule has 3 aromatic rings. The maximum Gasteiger partial charge on any atom is 0.289 e. The molecular formula is C25H21NO7S. The van der Waals surface area contributed by atoms with Gasteiger partial charge in [0.15, 0.2) is 0 Å². The Balaban J connectivity index is 1.66. The maximum absolute atomic E-state index is 13.3. The van der Waals surface area contributed by atoms with Crippen molar-refractivity contribution in [1.29, 1.82) is 0 Å². The molecule has 0 aliphatic carbocycles. The summed E-state index contributed by atoms with van der Waals surface area (Å²) >= 11 is -2.06. The minimum atomic E-state index is -2.06. The number of benzene rings is 3. The van der Waals surface area contributed by atoms with Crippen LogP contribution in [0.3, 0.4) is 0 Å². The molecule has 0 saturated carbocycles. The topological polar surface area (TPSA) is 91.4 Å². The Kier molecular flexibility index (Phi) is 6.87. The summed E-state index contributed by atoms with van der Waals surface area (Å²) in [4.78, 5) is 31.9. The van der Waals surface area contributed by atoms with E-state index in [4.69, 9.17) is 18.8 Å². The summed E-state index contributed by atoms with van der Waals surface area (Å²) in [7, 11) is 3.06. The van der Waals surface area contributed by atoms with E-state index in [1.165, 1.54) is 14.2 Å². The summed E-state index contributed by atoms with van der Waals surface area (Å²) in [5.41, 5.74) is 2.17. The van der Waals surface area contributed by atoms with Crippen LogP contribution in [-0.4, -0.2) is 35.3 Å². The van der Waals surface area contributed by atoms with E-state index < -0.39 is 22.9 Å². The van der Waals surface area contributed by atoms with Crippen LogP contribution >= 0.6 is 0 Å². The zero-order chi connectivity index (χ0) is 24.2. The molecule has 0 aromatic heterocycles. The number of hydroxylamine groups is 2. The van der Waals surface area contributed by atoms with E-state index in [0.29, 0.717) is 32.6 Å². The van der Waals surface area contributed by atoms with Crippen LogP contribution in [0.25, 0.3) is 11.1 Å². The van der Waals surface area contributed by atoms with Crippen molar-refractivity contribution in [3.63, 3.8) is 0 Å². The maximum atomic E-state index is 13.3. The largest absolute Gasteiger partial charge is 0.497 e. The highest BCUT2D eigenvalue weighted by molar-refractivity contribution is 7.80. The molecule has 0 fully saturated rings. The first-order valence-corrected chi connectivity index (χ1v) is 11.3. The van der Waals surface area contributed by atoms with Crippen molar-refractivity contribution in [2.45, 2.75) is 11.8 Å². The van der Waals surface area contributed by atoms with E-state index in [0.717, 1.165) is 5.56 Å². The lowest BCUT2D eigenvalue weighted by Gasteiger charge is -2.12. The van der Waals surface area contributed by atoms with E-state index in [1.807, 2.05) is 6.92 Å². The molecule has 1 aliphatic rings. The highest BCUT2D eigenvalue weighted by Gasteiger charge is 2.42. The lowest BCUT2D eigenvalue weighted by molar-refractivity contribution is -0.325. The number of hydrogen-bond donors (Lipinski definition) is 0. The highest BCUT2D eigenvalue weighted by atomic mass is 32.2. The quantitative estimate of drug-likeness (QED) is 0.275. The zero-order valence-corrected chi connectivity index (χ0v) is 19.5. The Morgan fingerprint density at radius 2 is 1.12 bits per heavy atom. The van der Waals surface area contributed by atoms with E-state index >= 15 is 0 Å². The van der Waals surface area contributed by atoms with Gasteiger partial charge in [-0.3, -0.25) is 9.59 Å². The van der Waals surface area contributed by atoms with Crippen LogP contribution in [0.5, 0.6) is 11.5 Å². The van der Waals surface area contributed by atoms with Crippen molar-refractivity contribution in [3.05, 3.63) is 89.5 Å². The average Bonchev–Trinajstić information content (AvgIpc) is 3.12. The first-order valence-electron chi connectivity index (χ1n) is 10.2. The number of ether oxygens (including phenoxy) is 2. The number of carbonyl (C=O) groups excluding carboxylic acids is 2. The van der Waals surface area contributed by atoms with Crippen LogP contribution in [0, 0.1) is 6.92 Å². The molecule has 4 rings (SSSR count). The minimum absolute atomic E-state index is 0.113. The highest BCUT2D eigenvalue weighted by Crippen LogP contribution is 2.37. The predicted molar refractivity (Wildman–Crippen MR) is 124 cm³/mol. The first-order chi connectivity index (χ1) is 16.4. The van der Waals surface area contributed by atoms with Gasteiger partial charge in [0.2, 0.25) is 11.1 Å². The molecule has 1 heterocycles. The van der Waals surface area contributed by atoms with Crippen LogP contribution in [0.4, 0.5) is 0 Å². The second kappa shape index (κ2) is 10.0. The van der Waals surface area contributed by atoms with Gasteiger partial charge in [0.1, 0.15) is 11.5 Å². The summed E-state index contributed by atoms with van der Waals surface area (Å²) in [6, 6.07) is 20.1. The lowest BCUT2D eigenvalue weighted by atomic mass is 9.96. The Bertz CT molecular complexity index is 1200. The zero-order valence-electron chi connectivity index (χ0n) is 18.6. The molecule has 34 heavy (non-hydrogen) atoms. The van der Waals surface area contributed by atoms with E-state index in [-0.39, 0.29) is 11.1 Å². The van der Waals surface area contributed by atoms with Gasteiger partial charge in [-0.05, 0) is 54.4 Å². The van der Waals surface area contributed by atoms with Crippen LogP contribution in [0.15, 0.2) is 77.7 Å². The van der Waals surface area contributed by atoms with E-state index in [2.05, 4.69) is 0 Å². The molecule has 1 unspecified atom stereocenters. The van der Waals surface area contributed by atoms with Crippen molar-refractivity contribution in [2.75, 3.05) is 14.2 Å². The molecule has 1 aliphatic heterocycles. The first kappa shape index (κ1) is 23.4. The van der Waals surface area contributed by atoms with Crippen molar-refractivity contribution in [3.8, 4) is 11.5 Å². The van der Waals surface area contributed by atoms with Gasteiger partial charge in [-0.2, -0.15) is 0 Å². The normalized spacial score (nSPS) is 14.5. The van der Waals surface area contributed by atoms with Gasteiger partial charge in [0.25, 0.3) is 11.8 Å². The summed E-state index contributed by atoms with van der Waals surface area (Å²) in [6.07, 6.45) is 0. The summed E-state index contributed by atoms with van der Waals surface area (Å²) in [5.74, 6) is -0.308. The molecule has 0 N–H and O–H groups in total. The minimum Gasteiger partial charge on any atom is -0.497 e. The Morgan fingerprint density at radius 3 is 1.53 bits per heavy atom. The van der Waals surface area contributed by atoms with E-state index in [1.54, 1.807) is 72.8 Å². The second-order valence-corrected chi connectivity index (χ2v) is 8.38. The summed E-state index contributed by atoms with van der Waals surface area (Å²) in [6.45, 7) is 1.89. The number of methoxy groups -OCH3 is 2. The molecule has 2 amide bonds. The monoisotopic (exact) mass is 479 g/mol. The van der Waals surface area contributed by atoms with Crippen molar-refractivity contribution in [1.82, 2.24) is 5.06 Å². The third-order valence-corrected chi connectivity index (χ3v) is 6.03. The van der Waals surface area contributed by atoms with Gasteiger partial charge in [-0.1, -0.05) is 46.9 Å². The third-order valence-electron chi connectivity index (χ3n) is 5.18. The molecule has 3 aromatic carbocycles. The van der Waals surface area contributed by atoms with Crippen LogP contribution in [-0.2, 0) is 30.0 Å². The number of carbonyl (C=O) groups is 2. The molecule has 8 nitrogen and oxygen atoms in total. The van der Waals surface area contributed by atoms with Crippen LogP contribution < -0.4 is 9.47 Å². The molecular weight excluding hydrogens is 458 g/mol. The fourth-order valence-electron chi connectivity index (χ4n) is 3.37. The van der Waals surface area contributed by atoms with Gasteiger partial charge in [-0.25, -0.2) is 4.21 Å². The van der Waals surface area contributed by atoms with Crippen LogP contribution in [0.2, 0.25) is 0 Å². The molecule has 0 radical (unpaired) electrons. The van der Waals surface area contributed by atoms with Crippen molar-refractivity contribution < 1.29 is 32.6 Å². The van der Waals surface area contributed by atoms with Gasteiger partial charge < -0.3 is 9.47 Å². The van der Waals surface area contributed by atoms with Gasteiger partial charge >= 0.3 is 0 Å². The lowest BCUT2D eigenvalue weighted by Crippen LogP contribution is -2.32. The SMILES string of the molecule is COc1ccc(C2=C(c3ccc(OC)cc3)C(=O)N(OOS(=O)c3ccc(C)cc3)C2=O)cc1. The number of amides is 2. The molecule has 9 heteroatoms. The molecule has 0 bridgehead atoms. The summed E-state index contributed by atoms with van der Waals surface area (Å²) in [5, 5.41) is 0.464. The van der Waals surface area contributed by atoms with Crippen molar-refractivity contribution >= 4 is 34.0 Å². The Morgan fingerprint density at radius 1 is 0.676 bits per heavy atom. The second-order valence-electron chi connectivity index (χ2n) is 7.30.